The second kappa shape index (κ2) is 3.94. The Morgan fingerprint density at radius 3 is 2.69 bits per heavy atom. The van der Waals surface area contributed by atoms with Crippen molar-refractivity contribution in [3.63, 3.8) is 0 Å². The van der Waals surface area contributed by atoms with Crippen LogP contribution < -0.4 is 5.73 Å². The van der Waals surface area contributed by atoms with Crippen molar-refractivity contribution in [1.82, 2.24) is 9.55 Å². The minimum Gasteiger partial charge on any atom is -0.397 e. The first-order chi connectivity index (χ1) is 6.29. The van der Waals surface area contributed by atoms with Gasteiger partial charge in [-0.25, -0.2) is 0 Å². The molecule has 2 heterocycles. The van der Waals surface area contributed by atoms with Gasteiger partial charge in [0, 0.05) is 24.8 Å². The summed E-state index contributed by atoms with van der Waals surface area (Å²) in [6, 6.07) is 1.92. The summed E-state index contributed by atoms with van der Waals surface area (Å²) in [5.74, 6) is 0. The Labute approximate surface area is 78.2 Å². The molecule has 0 fully saturated rings. The van der Waals surface area contributed by atoms with Crippen LogP contribution in [0.5, 0.6) is 0 Å². The fraction of sp³-hybridized carbons (Fsp3) is 0.300. The van der Waals surface area contributed by atoms with Crippen molar-refractivity contribution in [1.29, 1.82) is 0 Å². The molecular weight excluding hydrogens is 162 g/mol. The average Bonchev–Trinajstić information content (AvgIpc) is 2.47. The lowest BCUT2D eigenvalue weighted by molar-refractivity contribution is 0.966. The number of nitrogen functional groups attached to an aromatic ring is 1. The van der Waals surface area contributed by atoms with Crippen molar-refractivity contribution in [3.8, 4) is 0 Å². The molecular formula is C10H15N3. The minimum atomic E-state index is 0.810. The zero-order chi connectivity index (χ0) is 9.84. The van der Waals surface area contributed by atoms with Crippen LogP contribution in [0.3, 0.4) is 0 Å². The summed E-state index contributed by atoms with van der Waals surface area (Å²) in [6.07, 6.45) is 5.46. The molecule has 0 spiro atoms. The number of nitrogens with two attached hydrogens (primary N) is 1. The molecule has 3 nitrogen and oxygen atoms in total. The van der Waals surface area contributed by atoms with E-state index >= 15 is 0 Å². The number of hydrogen-bond acceptors (Lipinski definition) is 2. The van der Waals surface area contributed by atoms with E-state index in [2.05, 4.69) is 4.98 Å². The predicted octanol–water partition coefficient (Wildman–Crippen LogP) is 2.18. The number of nitrogens with zero attached hydrogens (tertiary/aromatic N) is 2. The zero-order valence-electron chi connectivity index (χ0n) is 8.28. The summed E-state index contributed by atoms with van der Waals surface area (Å²) >= 11 is 0. The average molecular weight is 177 g/mol. The second-order valence-corrected chi connectivity index (χ2v) is 2.59. The molecule has 0 aliphatic heterocycles. The molecule has 2 aromatic heterocycles. The molecule has 2 rings (SSSR count). The van der Waals surface area contributed by atoms with Crippen LogP contribution in [0.2, 0.25) is 0 Å². The van der Waals surface area contributed by atoms with Crippen molar-refractivity contribution in [2.75, 3.05) is 5.73 Å². The lowest BCUT2D eigenvalue weighted by atomic mass is 10.3. The summed E-state index contributed by atoms with van der Waals surface area (Å²) in [5.41, 5.74) is 7.61. The first-order valence-electron chi connectivity index (χ1n) is 4.43. The first kappa shape index (κ1) is 9.58. The van der Waals surface area contributed by atoms with Crippen LogP contribution in [0, 0.1) is 0 Å². The number of aryl methyl sites for hydroxylation is 1. The fourth-order valence-electron chi connectivity index (χ4n) is 1.26. The Morgan fingerprint density at radius 2 is 2.08 bits per heavy atom. The van der Waals surface area contributed by atoms with Gasteiger partial charge in [0.25, 0.3) is 0 Å². The molecule has 70 valence electrons. The van der Waals surface area contributed by atoms with Gasteiger partial charge in [-0.05, 0) is 6.07 Å². The standard InChI is InChI=1S/C8H9N3.C2H6/c1-11-5-7(9)6-2-3-10-4-8(6)11;1-2/h2-5H,9H2,1H3;1-2H3. The topological polar surface area (TPSA) is 43.8 Å². The van der Waals surface area contributed by atoms with E-state index in [1.165, 1.54) is 0 Å². The SMILES string of the molecule is CC.Cn1cc(N)c2ccncc21. The first-order valence-corrected chi connectivity index (χ1v) is 4.43. The number of fused-ring (bicyclic) bond motifs is 1. The van der Waals surface area contributed by atoms with Gasteiger partial charge in [0.15, 0.2) is 0 Å². The zero-order valence-corrected chi connectivity index (χ0v) is 8.28. The number of pyridine rings is 1. The van der Waals surface area contributed by atoms with Crippen LogP contribution in [0.25, 0.3) is 10.9 Å². The van der Waals surface area contributed by atoms with Crippen molar-refractivity contribution in [2.45, 2.75) is 13.8 Å². The maximum atomic E-state index is 5.73. The van der Waals surface area contributed by atoms with Gasteiger partial charge in [-0.3, -0.25) is 4.98 Å². The van der Waals surface area contributed by atoms with E-state index in [9.17, 15) is 0 Å². The monoisotopic (exact) mass is 177 g/mol. The molecule has 0 amide bonds. The molecule has 0 bridgehead atoms. The van der Waals surface area contributed by atoms with Gasteiger partial charge in [-0.2, -0.15) is 0 Å². The molecule has 0 aliphatic carbocycles. The number of hydrogen-bond donors (Lipinski definition) is 1. The van der Waals surface area contributed by atoms with E-state index in [4.69, 9.17) is 5.73 Å². The van der Waals surface area contributed by atoms with Crippen LogP contribution in [-0.4, -0.2) is 9.55 Å². The van der Waals surface area contributed by atoms with Crippen LogP contribution >= 0.6 is 0 Å². The van der Waals surface area contributed by atoms with Gasteiger partial charge in [0.1, 0.15) is 0 Å². The molecule has 0 unspecified atom stereocenters. The van der Waals surface area contributed by atoms with Gasteiger partial charge in [-0.15, -0.1) is 0 Å². The highest BCUT2D eigenvalue weighted by Gasteiger charge is 2.00. The van der Waals surface area contributed by atoms with E-state index in [1.807, 2.05) is 43.9 Å². The molecule has 0 atom stereocenters. The molecule has 0 saturated carbocycles. The molecule has 13 heavy (non-hydrogen) atoms. The molecule has 0 saturated heterocycles. The van der Waals surface area contributed by atoms with E-state index in [0.717, 1.165) is 16.6 Å². The number of rotatable bonds is 0. The lowest BCUT2D eigenvalue weighted by Crippen LogP contribution is -1.83. The number of aromatic nitrogens is 2. The Morgan fingerprint density at radius 1 is 1.38 bits per heavy atom. The normalized spacial score (nSPS) is 9.46. The van der Waals surface area contributed by atoms with Crippen molar-refractivity contribution in [3.05, 3.63) is 24.7 Å². The molecule has 0 radical (unpaired) electrons. The predicted molar refractivity (Wildman–Crippen MR) is 56.5 cm³/mol. The molecule has 0 aliphatic rings. The molecule has 3 heteroatoms. The van der Waals surface area contributed by atoms with E-state index in [1.54, 1.807) is 6.20 Å². The van der Waals surface area contributed by atoms with Crippen LogP contribution in [0.15, 0.2) is 24.7 Å². The summed E-state index contributed by atoms with van der Waals surface area (Å²) < 4.78 is 1.97. The Balaban J connectivity index is 0.000000396. The Bertz CT molecular complexity index is 354. The highest BCUT2D eigenvalue weighted by molar-refractivity contribution is 5.90. The number of anilines is 1. The lowest BCUT2D eigenvalue weighted by Gasteiger charge is -1.91. The quantitative estimate of drug-likeness (QED) is 0.670. The highest BCUT2D eigenvalue weighted by Crippen LogP contribution is 2.20. The van der Waals surface area contributed by atoms with Gasteiger partial charge in [0.2, 0.25) is 0 Å². The minimum absolute atomic E-state index is 0.810. The Hall–Kier alpha value is -1.51. The summed E-state index contributed by atoms with van der Waals surface area (Å²) in [6.45, 7) is 4.00. The Kier molecular flexibility index (Phi) is 2.90. The van der Waals surface area contributed by atoms with Crippen LogP contribution in [0.1, 0.15) is 13.8 Å². The molecule has 2 aromatic rings. The molecule has 2 N–H and O–H groups in total. The van der Waals surface area contributed by atoms with Crippen LogP contribution in [-0.2, 0) is 7.05 Å². The maximum Gasteiger partial charge on any atom is 0.0685 e. The summed E-state index contributed by atoms with van der Waals surface area (Å²) in [7, 11) is 1.96. The van der Waals surface area contributed by atoms with E-state index in [-0.39, 0.29) is 0 Å². The summed E-state index contributed by atoms with van der Waals surface area (Å²) in [5, 5.41) is 1.07. The van der Waals surface area contributed by atoms with Crippen LogP contribution in [0.4, 0.5) is 5.69 Å². The van der Waals surface area contributed by atoms with Gasteiger partial charge >= 0.3 is 0 Å². The van der Waals surface area contributed by atoms with E-state index < -0.39 is 0 Å². The van der Waals surface area contributed by atoms with Gasteiger partial charge in [-0.1, -0.05) is 13.8 Å². The van der Waals surface area contributed by atoms with Crippen molar-refractivity contribution in [2.24, 2.45) is 7.05 Å². The summed E-state index contributed by atoms with van der Waals surface area (Å²) in [4.78, 5) is 4.01. The largest absolute Gasteiger partial charge is 0.397 e. The third kappa shape index (κ3) is 1.64. The van der Waals surface area contributed by atoms with Crippen molar-refractivity contribution < 1.29 is 0 Å². The van der Waals surface area contributed by atoms with Crippen molar-refractivity contribution >= 4 is 16.6 Å². The molecule has 0 aromatic carbocycles. The third-order valence-corrected chi connectivity index (χ3v) is 1.82. The highest BCUT2D eigenvalue weighted by atomic mass is 14.9. The second-order valence-electron chi connectivity index (χ2n) is 2.59. The maximum absolute atomic E-state index is 5.73. The van der Waals surface area contributed by atoms with E-state index in [0.29, 0.717) is 0 Å². The third-order valence-electron chi connectivity index (χ3n) is 1.82. The fourth-order valence-corrected chi connectivity index (χ4v) is 1.26. The van der Waals surface area contributed by atoms with Gasteiger partial charge in [0.05, 0.1) is 17.4 Å². The smallest absolute Gasteiger partial charge is 0.0685 e. The van der Waals surface area contributed by atoms with Gasteiger partial charge < -0.3 is 10.3 Å².